The zero-order valence-corrected chi connectivity index (χ0v) is 23.9. The Kier molecular flexibility index (Phi) is 9.46. The van der Waals surface area contributed by atoms with Crippen molar-refractivity contribution in [2.75, 3.05) is 26.0 Å². The van der Waals surface area contributed by atoms with Gasteiger partial charge in [0.2, 0.25) is 5.91 Å². The van der Waals surface area contributed by atoms with E-state index >= 15 is 0 Å². The molecule has 1 saturated heterocycles. The number of hydrogen-bond donors (Lipinski definition) is 0. The maximum atomic E-state index is 13.4. The van der Waals surface area contributed by atoms with E-state index in [1.54, 1.807) is 44.4 Å². The Morgan fingerprint density at radius 1 is 1.05 bits per heavy atom. The van der Waals surface area contributed by atoms with E-state index in [-0.39, 0.29) is 23.5 Å². The van der Waals surface area contributed by atoms with Gasteiger partial charge in [-0.25, -0.2) is 4.79 Å². The van der Waals surface area contributed by atoms with E-state index in [0.29, 0.717) is 31.0 Å². The molecule has 0 aliphatic carbocycles. The van der Waals surface area contributed by atoms with E-state index in [1.165, 1.54) is 0 Å². The van der Waals surface area contributed by atoms with Crippen LogP contribution in [0.1, 0.15) is 61.2 Å². The quantitative estimate of drug-likeness (QED) is 0.227. The molecule has 0 radical (unpaired) electrons. The largest absolute Gasteiger partial charge is 0.476 e. The van der Waals surface area contributed by atoms with Gasteiger partial charge in [-0.05, 0) is 88.5 Å². The summed E-state index contributed by atoms with van der Waals surface area (Å²) in [6.07, 6.45) is 3.60. The molecule has 7 heteroatoms. The SMILES string of the molecule is CCOC(=O)C(C)(C)Oc1c(C)cc(CC[C@H]2CN(C(C)=O)C[C@@H]2C(=O)c2ccc(SC)cc2)cc1C. The van der Waals surface area contributed by atoms with Crippen LogP contribution in [0.25, 0.3) is 0 Å². The Bertz CT molecular complexity index is 1120. The summed E-state index contributed by atoms with van der Waals surface area (Å²) in [5.74, 6) is 0.296. The number of amides is 1. The van der Waals surface area contributed by atoms with Gasteiger partial charge in [-0.3, -0.25) is 9.59 Å². The fraction of sp³-hybridized carbons (Fsp3) is 0.500. The number of ether oxygens (including phenoxy) is 2. The Labute approximate surface area is 225 Å². The van der Waals surface area contributed by atoms with Gasteiger partial charge in [0.05, 0.1) is 6.61 Å². The lowest BCUT2D eigenvalue weighted by molar-refractivity contribution is -0.158. The average molecular weight is 526 g/mol. The number of rotatable bonds is 10. The first kappa shape index (κ1) is 28.8. The van der Waals surface area contributed by atoms with Crippen molar-refractivity contribution in [2.45, 2.75) is 64.9 Å². The predicted molar refractivity (Wildman–Crippen MR) is 147 cm³/mol. The second-order valence-corrected chi connectivity index (χ2v) is 11.2. The highest BCUT2D eigenvalue weighted by atomic mass is 32.2. The van der Waals surface area contributed by atoms with Crippen molar-refractivity contribution in [1.29, 1.82) is 0 Å². The van der Waals surface area contributed by atoms with Gasteiger partial charge in [-0.1, -0.05) is 24.3 Å². The molecule has 1 fully saturated rings. The number of likely N-dealkylation sites (tertiary alicyclic amines) is 1. The Balaban J connectivity index is 1.74. The maximum Gasteiger partial charge on any atom is 0.349 e. The lowest BCUT2D eigenvalue weighted by Crippen LogP contribution is -2.40. The van der Waals surface area contributed by atoms with Crippen LogP contribution in [0.15, 0.2) is 41.3 Å². The molecule has 0 saturated carbocycles. The third-order valence-corrected chi connectivity index (χ3v) is 7.79. The summed E-state index contributed by atoms with van der Waals surface area (Å²) in [6, 6.07) is 11.9. The molecule has 2 atom stereocenters. The molecule has 0 N–H and O–H groups in total. The highest BCUT2D eigenvalue weighted by Gasteiger charge is 2.38. The van der Waals surface area contributed by atoms with Gasteiger partial charge in [0.15, 0.2) is 11.4 Å². The van der Waals surface area contributed by atoms with Crippen molar-refractivity contribution in [2.24, 2.45) is 11.8 Å². The number of nitrogens with zero attached hydrogens (tertiary/aromatic N) is 1. The molecule has 200 valence electrons. The summed E-state index contributed by atoms with van der Waals surface area (Å²) in [6.45, 7) is 12.1. The van der Waals surface area contributed by atoms with Crippen LogP contribution in [-0.2, 0) is 20.7 Å². The third-order valence-electron chi connectivity index (χ3n) is 7.05. The van der Waals surface area contributed by atoms with Crippen LogP contribution in [0.5, 0.6) is 5.75 Å². The summed E-state index contributed by atoms with van der Waals surface area (Å²) in [4.78, 5) is 40.8. The molecule has 0 bridgehead atoms. The fourth-order valence-electron chi connectivity index (χ4n) is 4.99. The number of aryl methyl sites for hydroxylation is 3. The van der Waals surface area contributed by atoms with E-state index in [2.05, 4.69) is 12.1 Å². The topological polar surface area (TPSA) is 72.9 Å². The molecule has 3 rings (SSSR count). The molecule has 0 aromatic heterocycles. The van der Waals surface area contributed by atoms with Gasteiger partial charge in [-0.15, -0.1) is 11.8 Å². The lowest BCUT2D eigenvalue weighted by atomic mass is 9.84. The highest BCUT2D eigenvalue weighted by Crippen LogP contribution is 2.33. The number of hydrogen-bond acceptors (Lipinski definition) is 6. The van der Waals surface area contributed by atoms with Gasteiger partial charge in [0.25, 0.3) is 0 Å². The Hall–Kier alpha value is -2.80. The molecule has 2 aromatic carbocycles. The number of carbonyl (C=O) groups is 3. The molecule has 0 spiro atoms. The zero-order chi connectivity index (χ0) is 27.3. The molecule has 1 aliphatic heterocycles. The monoisotopic (exact) mass is 525 g/mol. The molecular weight excluding hydrogens is 486 g/mol. The molecule has 1 aliphatic rings. The third kappa shape index (κ3) is 6.95. The van der Waals surface area contributed by atoms with Crippen LogP contribution < -0.4 is 4.74 Å². The molecule has 6 nitrogen and oxygen atoms in total. The molecule has 37 heavy (non-hydrogen) atoms. The normalized spacial score (nSPS) is 17.5. The van der Waals surface area contributed by atoms with Gasteiger partial charge >= 0.3 is 5.97 Å². The van der Waals surface area contributed by atoms with Crippen LogP contribution >= 0.6 is 11.8 Å². The van der Waals surface area contributed by atoms with Gasteiger partial charge in [-0.2, -0.15) is 0 Å². The van der Waals surface area contributed by atoms with Gasteiger partial charge < -0.3 is 14.4 Å². The highest BCUT2D eigenvalue weighted by molar-refractivity contribution is 7.98. The summed E-state index contributed by atoms with van der Waals surface area (Å²) in [7, 11) is 0. The van der Waals surface area contributed by atoms with Crippen molar-refractivity contribution in [3.8, 4) is 5.75 Å². The average Bonchev–Trinajstić information content (AvgIpc) is 3.29. The zero-order valence-electron chi connectivity index (χ0n) is 23.1. The summed E-state index contributed by atoms with van der Waals surface area (Å²) >= 11 is 1.65. The van der Waals surface area contributed by atoms with Gasteiger partial charge in [0, 0.05) is 36.4 Å². The first-order chi connectivity index (χ1) is 17.5. The second kappa shape index (κ2) is 12.2. The minimum absolute atomic E-state index is 0.00966. The van der Waals surface area contributed by atoms with Crippen LogP contribution in [0.2, 0.25) is 0 Å². The number of benzene rings is 2. The predicted octanol–water partition coefficient (Wildman–Crippen LogP) is 5.66. The Morgan fingerprint density at radius 2 is 1.68 bits per heavy atom. The number of thioether (sulfide) groups is 1. The molecule has 2 aromatic rings. The minimum Gasteiger partial charge on any atom is -0.476 e. The summed E-state index contributed by atoms with van der Waals surface area (Å²) in [5, 5.41) is 0. The van der Waals surface area contributed by atoms with Crippen LogP contribution in [0.3, 0.4) is 0 Å². The van der Waals surface area contributed by atoms with E-state index in [9.17, 15) is 14.4 Å². The van der Waals surface area contributed by atoms with Gasteiger partial charge in [0.1, 0.15) is 5.75 Å². The second-order valence-electron chi connectivity index (χ2n) is 10.3. The van der Waals surface area contributed by atoms with Crippen LogP contribution in [-0.4, -0.2) is 54.1 Å². The standard InChI is InChI=1S/C30H39NO5S/c1-8-35-29(34)30(5,6)36-28-19(2)15-22(16-20(28)3)9-10-24-17-31(21(4)32)18-26(24)27(33)23-11-13-25(37-7)14-12-23/h11-16,24,26H,8-10,17-18H2,1-7H3/t24-,26-/m0/s1. The molecule has 1 heterocycles. The van der Waals surface area contributed by atoms with E-state index in [1.807, 2.05) is 44.4 Å². The van der Waals surface area contributed by atoms with Crippen molar-refractivity contribution in [3.05, 3.63) is 58.7 Å². The fourth-order valence-corrected chi connectivity index (χ4v) is 5.39. The lowest BCUT2D eigenvalue weighted by Gasteiger charge is -2.26. The number of Topliss-reactive ketones (excluding diaryl/α,β-unsaturated/α-hetero) is 1. The molecule has 0 unspecified atom stereocenters. The maximum absolute atomic E-state index is 13.4. The number of esters is 1. The van der Waals surface area contributed by atoms with Crippen molar-refractivity contribution < 1.29 is 23.9 Å². The number of ketones is 1. The molecular formula is C30H39NO5S. The smallest absolute Gasteiger partial charge is 0.349 e. The first-order valence-electron chi connectivity index (χ1n) is 12.9. The van der Waals surface area contributed by atoms with E-state index in [0.717, 1.165) is 34.4 Å². The summed E-state index contributed by atoms with van der Waals surface area (Å²) in [5.41, 5.74) is 2.66. The Morgan fingerprint density at radius 3 is 2.22 bits per heavy atom. The van der Waals surface area contributed by atoms with E-state index < -0.39 is 11.6 Å². The van der Waals surface area contributed by atoms with Crippen molar-refractivity contribution in [3.63, 3.8) is 0 Å². The number of carbonyl (C=O) groups excluding carboxylic acids is 3. The minimum atomic E-state index is -1.09. The van der Waals surface area contributed by atoms with E-state index in [4.69, 9.17) is 9.47 Å². The summed E-state index contributed by atoms with van der Waals surface area (Å²) < 4.78 is 11.3. The molecule has 1 amide bonds. The van der Waals surface area contributed by atoms with Crippen LogP contribution in [0, 0.1) is 25.7 Å². The van der Waals surface area contributed by atoms with Crippen molar-refractivity contribution >= 4 is 29.4 Å². The van der Waals surface area contributed by atoms with Crippen LogP contribution in [0.4, 0.5) is 0 Å². The first-order valence-corrected chi connectivity index (χ1v) is 14.1. The van der Waals surface area contributed by atoms with Crippen molar-refractivity contribution in [1.82, 2.24) is 4.90 Å².